The van der Waals surface area contributed by atoms with E-state index in [4.69, 9.17) is 10.00 Å². The van der Waals surface area contributed by atoms with Gasteiger partial charge in [-0.25, -0.2) is 0 Å². The monoisotopic (exact) mass is 213 g/mol. The quantitative estimate of drug-likeness (QED) is 0.834. The van der Waals surface area contributed by atoms with Crippen LogP contribution in [-0.4, -0.2) is 10.2 Å². The molecule has 0 aliphatic rings. The van der Waals surface area contributed by atoms with E-state index in [0.717, 1.165) is 17.1 Å². The van der Waals surface area contributed by atoms with Crippen LogP contribution in [-0.2, 0) is 0 Å². The fourth-order valence-electron chi connectivity index (χ4n) is 1.41. The van der Waals surface area contributed by atoms with Gasteiger partial charge in [0, 0.05) is 0 Å². The zero-order chi connectivity index (χ0) is 11.5. The number of H-pyrrole nitrogens is 1. The summed E-state index contributed by atoms with van der Waals surface area (Å²) in [5, 5.41) is 15.6. The first-order chi connectivity index (χ1) is 7.70. The number of hydrogen-bond acceptors (Lipinski definition) is 3. The normalized spacial score (nSPS) is 9.81. The lowest BCUT2D eigenvalue weighted by Gasteiger charge is -2.04. The van der Waals surface area contributed by atoms with Gasteiger partial charge in [0.15, 0.2) is 5.75 Å². The van der Waals surface area contributed by atoms with E-state index in [9.17, 15) is 0 Å². The number of nitrogens with zero attached hydrogens (tertiary/aromatic N) is 2. The van der Waals surface area contributed by atoms with E-state index >= 15 is 0 Å². The van der Waals surface area contributed by atoms with Crippen molar-refractivity contribution in [2.75, 3.05) is 0 Å². The number of ether oxygens (including phenoxy) is 1. The number of nitrogens with one attached hydrogen (secondary N) is 1. The maximum atomic E-state index is 8.67. The molecule has 1 aromatic carbocycles. The van der Waals surface area contributed by atoms with E-state index < -0.39 is 0 Å². The Kier molecular flexibility index (Phi) is 2.61. The van der Waals surface area contributed by atoms with Gasteiger partial charge in [0.2, 0.25) is 0 Å². The van der Waals surface area contributed by atoms with Crippen molar-refractivity contribution in [2.24, 2.45) is 0 Å². The summed E-state index contributed by atoms with van der Waals surface area (Å²) in [6.07, 6.45) is 0. The molecule has 80 valence electrons. The third kappa shape index (κ3) is 1.89. The van der Waals surface area contributed by atoms with Crippen molar-refractivity contribution in [3.63, 3.8) is 0 Å². The maximum absolute atomic E-state index is 8.67. The van der Waals surface area contributed by atoms with Crippen LogP contribution in [0.5, 0.6) is 11.5 Å². The number of aromatic nitrogens is 2. The molecule has 0 aliphatic carbocycles. The third-order valence-electron chi connectivity index (χ3n) is 2.26. The van der Waals surface area contributed by atoms with Crippen LogP contribution >= 0.6 is 0 Å². The van der Waals surface area contributed by atoms with Gasteiger partial charge in [-0.1, -0.05) is 0 Å². The zero-order valence-corrected chi connectivity index (χ0v) is 9.11. The fraction of sp³-hybridized carbons (Fsp3) is 0.167. The van der Waals surface area contributed by atoms with Crippen LogP contribution in [0.4, 0.5) is 0 Å². The van der Waals surface area contributed by atoms with Crippen molar-refractivity contribution in [1.82, 2.24) is 10.2 Å². The molecule has 0 radical (unpaired) electrons. The number of hydrogen-bond donors (Lipinski definition) is 1. The van der Waals surface area contributed by atoms with E-state index in [1.54, 1.807) is 24.3 Å². The average molecular weight is 213 g/mol. The molecule has 0 bridgehead atoms. The first-order valence-corrected chi connectivity index (χ1v) is 4.90. The Morgan fingerprint density at radius 1 is 1.25 bits per heavy atom. The van der Waals surface area contributed by atoms with Crippen LogP contribution in [0.15, 0.2) is 24.3 Å². The Hall–Kier alpha value is -2.28. The molecule has 1 heterocycles. The predicted octanol–water partition coefficient (Wildman–Crippen LogP) is 2.69. The van der Waals surface area contributed by atoms with E-state index in [2.05, 4.69) is 16.3 Å². The van der Waals surface area contributed by atoms with Gasteiger partial charge < -0.3 is 4.74 Å². The molecule has 2 aromatic rings. The van der Waals surface area contributed by atoms with Crippen molar-refractivity contribution < 1.29 is 4.74 Å². The van der Waals surface area contributed by atoms with Crippen molar-refractivity contribution in [3.8, 4) is 17.6 Å². The van der Waals surface area contributed by atoms with Crippen LogP contribution < -0.4 is 4.74 Å². The van der Waals surface area contributed by atoms with Crippen molar-refractivity contribution in [2.45, 2.75) is 13.8 Å². The molecule has 0 saturated carbocycles. The average Bonchev–Trinajstić information content (AvgIpc) is 2.62. The highest BCUT2D eigenvalue weighted by Crippen LogP contribution is 2.26. The highest BCUT2D eigenvalue weighted by atomic mass is 16.5. The lowest BCUT2D eigenvalue weighted by molar-refractivity contribution is 0.475. The fourth-order valence-corrected chi connectivity index (χ4v) is 1.41. The predicted molar refractivity (Wildman–Crippen MR) is 59.3 cm³/mol. The SMILES string of the molecule is Cc1n[nH]c(C)c1Oc1ccc(C#N)cc1. The van der Waals surface area contributed by atoms with Crippen LogP contribution in [0, 0.1) is 25.2 Å². The summed E-state index contributed by atoms with van der Waals surface area (Å²) in [6.45, 7) is 3.78. The summed E-state index contributed by atoms with van der Waals surface area (Å²) in [7, 11) is 0. The molecule has 16 heavy (non-hydrogen) atoms. The van der Waals surface area contributed by atoms with Gasteiger partial charge >= 0.3 is 0 Å². The number of rotatable bonds is 2. The second kappa shape index (κ2) is 4.07. The van der Waals surface area contributed by atoms with Gasteiger partial charge in [-0.05, 0) is 38.1 Å². The summed E-state index contributed by atoms with van der Waals surface area (Å²) in [5.74, 6) is 1.44. The minimum Gasteiger partial charge on any atom is -0.454 e. The number of nitriles is 1. The van der Waals surface area contributed by atoms with Crippen molar-refractivity contribution in [1.29, 1.82) is 5.26 Å². The van der Waals surface area contributed by atoms with Crippen LogP contribution in [0.3, 0.4) is 0 Å². The molecule has 0 spiro atoms. The molecule has 0 unspecified atom stereocenters. The molecule has 1 N–H and O–H groups in total. The highest BCUT2D eigenvalue weighted by Gasteiger charge is 2.08. The molecule has 2 rings (SSSR count). The molecule has 0 amide bonds. The van der Waals surface area contributed by atoms with E-state index in [-0.39, 0.29) is 0 Å². The Bertz CT molecular complexity index is 515. The molecular formula is C12H11N3O. The molecule has 0 fully saturated rings. The third-order valence-corrected chi connectivity index (χ3v) is 2.26. The summed E-state index contributed by atoms with van der Waals surface area (Å²) in [6, 6.07) is 9.04. The minimum atomic E-state index is 0.619. The minimum absolute atomic E-state index is 0.619. The first-order valence-electron chi connectivity index (χ1n) is 4.90. The largest absolute Gasteiger partial charge is 0.454 e. The topological polar surface area (TPSA) is 61.7 Å². The molecular weight excluding hydrogens is 202 g/mol. The summed E-state index contributed by atoms with van der Waals surface area (Å²) in [5.41, 5.74) is 2.33. The van der Waals surface area contributed by atoms with Crippen LogP contribution in [0.2, 0.25) is 0 Å². The summed E-state index contributed by atoms with van der Waals surface area (Å²) >= 11 is 0. The second-order valence-corrected chi connectivity index (χ2v) is 3.50. The Morgan fingerprint density at radius 2 is 1.94 bits per heavy atom. The summed E-state index contributed by atoms with van der Waals surface area (Å²) in [4.78, 5) is 0. The standard InChI is InChI=1S/C12H11N3O/c1-8-12(9(2)15-14-8)16-11-5-3-10(7-13)4-6-11/h3-6H,1-2H3,(H,14,15). The number of aromatic amines is 1. The highest BCUT2D eigenvalue weighted by molar-refractivity contribution is 5.39. The van der Waals surface area contributed by atoms with E-state index in [1.807, 2.05) is 13.8 Å². The molecule has 4 nitrogen and oxygen atoms in total. The van der Waals surface area contributed by atoms with Crippen LogP contribution in [0.25, 0.3) is 0 Å². The van der Waals surface area contributed by atoms with Crippen molar-refractivity contribution >= 4 is 0 Å². The molecule has 0 aliphatic heterocycles. The van der Waals surface area contributed by atoms with Gasteiger partial charge in [0.1, 0.15) is 11.4 Å². The van der Waals surface area contributed by atoms with Crippen LogP contribution in [0.1, 0.15) is 17.0 Å². The molecule has 4 heteroatoms. The molecule has 1 aromatic heterocycles. The van der Waals surface area contributed by atoms with Gasteiger partial charge in [-0.3, -0.25) is 5.10 Å². The van der Waals surface area contributed by atoms with E-state index in [0.29, 0.717) is 11.3 Å². The number of aryl methyl sites for hydroxylation is 2. The van der Waals surface area contributed by atoms with E-state index in [1.165, 1.54) is 0 Å². The first kappa shape index (κ1) is 10.2. The Labute approximate surface area is 93.5 Å². The zero-order valence-electron chi connectivity index (χ0n) is 9.11. The second-order valence-electron chi connectivity index (χ2n) is 3.50. The van der Waals surface area contributed by atoms with Gasteiger partial charge in [0.25, 0.3) is 0 Å². The smallest absolute Gasteiger partial charge is 0.170 e. The Morgan fingerprint density at radius 3 is 2.44 bits per heavy atom. The lowest BCUT2D eigenvalue weighted by Crippen LogP contribution is -1.87. The van der Waals surface area contributed by atoms with Gasteiger partial charge in [0.05, 0.1) is 17.3 Å². The summed E-state index contributed by atoms with van der Waals surface area (Å²) < 4.78 is 5.68. The Balaban J connectivity index is 2.25. The number of benzene rings is 1. The van der Waals surface area contributed by atoms with Gasteiger partial charge in [-0.15, -0.1) is 0 Å². The van der Waals surface area contributed by atoms with Gasteiger partial charge in [-0.2, -0.15) is 10.4 Å². The molecule has 0 atom stereocenters. The maximum Gasteiger partial charge on any atom is 0.170 e. The lowest BCUT2D eigenvalue weighted by atomic mass is 10.2. The van der Waals surface area contributed by atoms with Crippen molar-refractivity contribution in [3.05, 3.63) is 41.2 Å². The molecule has 0 saturated heterocycles.